The molecule has 7 rings (SSSR count). The summed E-state index contributed by atoms with van der Waals surface area (Å²) in [6, 6.07) is 6.15. The van der Waals surface area contributed by atoms with Crippen LogP contribution in [0.3, 0.4) is 0 Å². The normalized spacial score (nSPS) is 18.8. The number of aromatic nitrogens is 9. The van der Waals surface area contributed by atoms with Gasteiger partial charge < -0.3 is 28.8 Å². The number of fused-ring (bicyclic) bond motifs is 1. The van der Waals surface area contributed by atoms with Crippen molar-refractivity contribution in [3.8, 4) is 17.3 Å². The molecule has 2 fully saturated rings. The summed E-state index contributed by atoms with van der Waals surface area (Å²) in [7, 11) is 1.82. The van der Waals surface area contributed by atoms with Crippen LogP contribution in [0.2, 0.25) is 0 Å². The summed E-state index contributed by atoms with van der Waals surface area (Å²) < 4.78 is 15.9. The lowest BCUT2D eigenvalue weighted by molar-refractivity contribution is 0.122. The molecule has 0 spiro atoms. The number of morpholine rings is 1. The van der Waals surface area contributed by atoms with Gasteiger partial charge in [-0.1, -0.05) is 0 Å². The van der Waals surface area contributed by atoms with Gasteiger partial charge in [0.1, 0.15) is 18.2 Å². The van der Waals surface area contributed by atoms with Gasteiger partial charge in [-0.05, 0) is 37.8 Å². The fourth-order valence-corrected chi connectivity index (χ4v) is 5.75. The van der Waals surface area contributed by atoms with Crippen molar-refractivity contribution in [2.75, 3.05) is 42.0 Å². The number of anilines is 3. The number of ether oxygens (including phenoxy) is 2. The van der Waals surface area contributed by atoms with Gasteiger partial charge in [0.25, 0.3) is 0 Å². The molecule has 15 nitrogen and oxygen atoms in total. The van der Waals surface area contributed by atoms with Crippen molar-refractivity contribution >= 4 is 28.6 Å². The van der Waals surface area contributed by atoms with E-state index < -0.39 is 0 Å². The molecular weight excluding hydrogens is 564 g/mol. The van der Waals surface area contributed by atoms with E-state index >= 15 is 0 Å². The first-order chi connectivity index (χ1) is 21.6. The second kappa shape index (κ2) is 12.4. The molecule has 44 heavy (non-hydrogen) atoms. The monoisotopic (exact) mass is 598 g/mol. The molecular formula is C29H34N12O3. The predicted molar refractivity (Wildman–Crippen MR) is 162 cm³/mol. The molecule has 0 atom stereocenters. The highest BCUT2D eigenvalue weighted by Crippen LogP contribution is 2.33. The molecule has 5 aromatic heterocycles. The van der Waals surface area contributed by atoms with Crippen molar-refractivity contribution in [3.05, 3.63) is 55.0 Å². The quantitative estimate of drug-likeness (QED) is 0.212. The Hall–Kier alpha value is -4.89. The number of nitrogens with one attached hydrogen (secondary N) is 2. The van der Waals surface area contributed by atoms with Crippen molar-refractivity contribution in [3.63, 3.8) is 0 Å². The SMILES string of the molecule is Cn1c(Cn2cnnc2-c2cnc3cc(N4CCOCC4)nc(O[C@H]4CC[C@@H](Nc5ncccn5)CC4)c3c2)cnc1NO. The summed E-state index contributed by atoms with van der Waals surface area (Å²) in [6.07, 6.45) is 12.3. The molecule has 0 aromatic carbocycles. The summed E-state index contributed by atoms with van der Waals surface area (Å²) in [6.45, 7) is 3.30. The van der Waals surface area contributed by atoms with Crippen molar-refractivity contribution in [1.82, 2.24) is 44.3 Å². The van der Waals surface area contributed by atoms with E-state index in [0.29, 0.717) is 49.4 Å². The standard InChI is InChI=1S/C29H34N12O3/c1-39-21(16-33-29(39)38-42)17-41-18-34-37-26(41)19-13-23-24(32-15-19)14-25(40-9-11-43-12-10-40)36-27(23)44-22-5-3-20(4-6-22)35-28-30-7-2-8-31-28/h2,7-8,13-16,18,20,22,42H,3-6,9-12,17H2,1H3,(H,33,38)(H,30,31,35)/t20-,22+. The minimum absolute atomic E-state index is 0.0202. The van der Waals surface area contributed by atoms with E-state index in [9.17, 15) is 5.21 Å². The molecule has 0 amide bonds. The van der Waals surface area contributed by atoms with E-state index in [4.69, 9.17) is 19.4 Å². The van der Waals surface area contributed by atoms with Gasteiger partial charge in [0, 0.05) is 56.4 Å². The van der Waals surface area contributed by atoms with Crippen LogP contribution in [0.4, 0.5) is 17.7 Å². The van der Waals surface area contributed by atoms with E-state index in [2.05, 4.69) is 40.8 Å². The lowest BCUT2D eigenvalue weighted by atomic mass is 9.93. The Morgan fingerprint density at radius 3 is 2.61 bits per heavy atom. The molecule has 1 aliphatic heterocycles. The molecule has 228 valence electrons. The summed E-state index contributed by atoms with van der Waals surface area (Å²) in [5, 5.41) is 22.1. The van der Waals surface area contributed by atoms with Gasteiger partial charge in [0.15, 0.2) is 5.82 Å². The minimum Gasteiger partial charge on any atom is -0.474 e. The third-order valence-electron chi connectivity index (χ3n) is 8.21. The molecule has 0 radical (unpaired) electrons. The third-order valence-corrected chi connectivity index (χ3v) is 8.21. The zero-order chi connectivity index (χ0) is 29.9. The maximum atomic E-state index is 9.30. The maximum Gasteiger partial charge on any atom is 0.227 e. The minimum atomic E-state index is 0.0202. The van der Waals surface area contributed by atoms with Crippen LogP contribution in [0, 0.1) is 0 Å². The number of pyridine rings is 2. The van der Waals surface area contributed by atoms with Crippen LogP contribution in [0.15, 0.2) is 49.3 Å². The Labute approximate surface area is 253 Å². The first kappa shape index (κ1) is 27.9. The van der Waals surface area contributed by atoms with Crippen molar-refractivity contribution in [2.45, 2.75) is 44.4 Å². The highest BCUT2D eigenvalue weighted by atomic mass is 16.5. The Bertz CT molecular complexity index is 1710. The number of imidazole rings is 1. The Morgan fingerprint density at radius 1 is 1.02 bits per heavy atom. The Kier molecular flexibility index (Phi) is 7.85. The summed E-state index contributed by atoms with van der Waals surface area (Å²) in [4.78, 5) is 24.9. The number of rotatable bonds is 9. The summed E-state index contributed by atoms with van der Waals surface area (Å²) >= 11 is 0. The highest BCUT2D eigenvalue weighted by Gasteiger charge is 2.25. The molecule has 15 heteroatoms. The van der Waals surface area contributed by atoms with E-state index in [1.165, 1.54) is 0 Å². The number of hydrogen-bond acceptors (Lipinski definition) is 13. The van der Waals surface area contributed by atoms with E-state index in [0.717, 1.165) is 66.8 Å². The molecule has 6 heterocycles. The number of hydrogen-bond donors (Lipinski definition) is 3. The van der Waals surface area contributed by atoms with Gasteiger partial charge in [-0.25, -0.2) is 20.4 Å². The zero-order valence-corrected chi connectivity index (χ0v) is 24.4. The number of nitrogens with zero attached hydrogens (tertiary/aromatic N) is 10. The van der Waals surface area contributed by atoms with Crippen LogP contribution in [-0.2, 0) is 18.3 Å². The Morgan fingerprint density at radius 2 is 1.84 bits per heavy atom. The van der Waals surface area contributed by atoms with E-state index in [1.807, 2.05) is 36.0 Å². The van der Waals surface area contributed by atoms with Crippen molar-refractivity contribution < 1.29 is 14.7 Å². The van der Waals surface area contributed by atoms with Crippen LogP contribution in [0.25, 0.3) is 22.3 Å². The second-order valence-electron chi connectivity index (χ2n) is 11.0. The molecule has 0 unspecified atom stereocenters. The van der Waals surface area contributed by atoms with E-state index in [-0.39, 0.29) is 6.10 Å². The van der Waals surface area contributed by atoms with Gasteiger partial charge in [-0.3, -0.25) is 10.2 Å². The third kappa shape index (κ3) is 5.83. The van der Waals surface area contributed by atoms with Gasteiger partial charge in [0.05, 0.1) is 42.6 Å². The lowest BCUT2D eigenvalue weighted by Crippen LogP contribution is -2.37. The zero-order valence-electron chi connectivity index (χ0n) is 24.4. The lowest BCUT2D eigenvalue weighted by Gasteiger charge is -2.31. The van der Waals surface area contributed by atoms with Crippen LogP contribution in [0.5, 0.6) is 5.88 Å². The van der Waals surface area contributed by atoms with E-state index in [1.54, 1.807) is 29.5 Å². The molecule has 0 bridgehead atoms. The molecule has 2 aliphatic rings. The summed E-state index contributed by atoms with van der Waals surface area (Å²) in [5.41, 5.74) is 4.56. The molecule has 1 saturated heterocycles. The Balaban J connectivity index is 1.16. The van der Waals surface area contributed by atoms with Crippen LogP contribution in [-0.4, -0.2) is 87.9 Å². The average molecular weight is 599 g/mol. The predicted octanol–water partition coefficient (Wildman–Crippen LogP) is 2.90. The van der Waals surface area contributed by atoms with Crippen LogP contribution < -0.4 is 20.4 Å². The van der Waals surface area contributed by atoms with Crippen molar-refractivity contribution in [1.29, 1.82) is 0 Å². The first-order valence-corrected chi connectivity index (χ1v) is 14.8. The van der Waals surface area contributed by atoms with Crippen LogP contribution in [0.1, 0.15) is 31.4 Å². The molecule has 5 aromatic rings. The van der Waals surface area contributed by atoms with Gasteiger partial charge in [0.2, 0.25) is 17.8 Å². The fraction of sp³-hybridized carbons (Fsp3) is 0.414. The molecule has 3 N–H and O–H groups in total. The fourth-order valence-electron chi connectivity index (χ4n) is 5.75. The average Bonchev–Trinajstić information content (AvgIpc) is 3.68. The van der Waals surface area contributed by atoms with Gasteiger partial charge in [-0.15, -0.1) is 10.2 Å². The molecule has 1 saturated carbocycles. The smallest absolute Gasteiger partial charge is 0.227 e. The first-order valence-electron chi connectivity index (χ1n) is 14.8. The highest BCUT2D eigenvalue weighted by molar-refractivity contribution is 5.88. The largest absolute Gasteiger partial charge is 0.474 e. The van der Waals surface area contributed by atoms with Crippen molar-refractivity contribution in [2.24, 2.45) is 7.05 Å². The maximum absolute atomic E-state index is 9.30. The second-order valence-corrected chi connectivity index (χ2v) is 11.0. The summed E-state index contributed by atoms with van der Waals surface area (Å²) in [5.74, 6) is 3.06. The van der Waals surface area contributed by atoms with Gasteiger partial charge in [-0.2, -0.15) is 4.98 Å². The molecule has 1 aliphatic carbocycles. The topological polar surface area (TPSA) is 166 Å². The van der Waals surface area contributed by atoms with Crippen LogP contribution >= 0.6 is 0 Å². The van der Waals surface area contributed by atoms with Gasteiger partial charge >= 0.3 is 0 Å².